The SMILES string of the molecule is CCOC(=O)C(NC=O)Oc1ccc(-c2cccc(N=C(N)N)c2)cc1. The zero-order chi connectivity index (χ0) is 18.9. The van der Waals surface area contributed by atoms with Gasteiger partial charge in [0.2, 0.25) is 6.41 Å². The van der Waals surface area contributed by atoms with Crippen molar-refractivity contribution in [2.75, 3.05) is 6.61 Å². The fourth-order valence-corrected chi connectivity index (χ4v) is 2.20. The molecule has 5 N–H and O–H groups in total. The van der Waals surface area contributed by atoms with Gasteiger partial charge < -0.3 is 26.3 Å². The van der Waals surface area contributed by atoms with Crippen molar-refractivity contribution in [2.45, 2.75) is 13.2 Å². The zero-order valence-electron chi connectivity index (χ0n) is 14.2. The number of nitrogens with zero attached hydrogens (tertiary/aromatic N) is 1. The number of amides is 1. The number of ether oxygens (including phenoxy) is 2. The largest absolute Gasteiger partial charge is 0.462 e. The molecule has 8 nitrogen and oxygen atoms in total. The Balaban J connectivity index is 2.16. The van der Waals surface area contributed by atoms with Crippen LogP contribution in [0.15, 0.2) is 53.5 Å². The fourth-order valence-electron chi connectivity index (χ4n) is 2.20. The lowest BCUT2D eigenvalue weighted by Crippen LogP contribution is -2.42. The molecule has 0 aliphatic carbocycles. The van der Waals surface area contributed by atoms with Crippen molar-refractivity contribution in [2.24, 2.45) is 16.5 Å². The van der Waals surface area contributed by atoms with Gasteiger partial charge in [0.25, 0.3) is 6.23 Å². The van der Waals surface area contributed by atoms with Crippen LogP contribution in [0, 0.1) is 0 Å². The van der Waals surface area contributed by atoms with Gasteiger partial charge in [-0.2, -0.15) is 0 Å². The summed E-state index contributed by atoms with van der Waals surface area (Å²) in [4.78, 5) is 26.4. The van der Waals surface area contributed by atoms with Crippen molar-refractivity contribution in [3.05, 3.63) is 48.5 Å². The van der Waals surface area contributed by atoms with Crippen LogP contribution in [0.1, 0.15) is 6.92 Å². The number of hydrogen-bond acceptors (Lipinski definition) is 5. The van der Waals surface area contributed by atoms with E-state index in [2.05, 4.69) is 10.3 Å². The van der Waals surface area contributed by atoms with Crippen LogP contribution >= 0.6 is 0 Å². The molecule has 8 heteroatoms. The highest BCUT2D eigenvalue weighted by atomic mass is 16.6. The molecule has 136 valence electrons. The molecule has 26 heavy (non-hydrogen) atoms. The molecule has 2 aromatic rings. The summed E-state index contributed by atoms with van der Waals surface area (Å²) in [7, 11) is 0. The molecular weight excluding hydrogens is 336 g/mol. The van der Waals surface area contributed by atoms with Gasteiger partial charge in [-0.15, -0.1) is 0 Å². The molecule has 0 aromatic heterocycles. The molecule has 0 aliphatic heterocycles. The first-order valence-corrected chi connectivity index (χ1v) is 7.86. The highest BCUT2D eigenvalue weighted by Gasteiger charge is 2.20. The van der Waals surface area contributed by atoms with Crippen LogP contribution in [0.3, 0.4) is 0 Å². The van der Waals surface area contributed by atoms with Crippen LogP contribution in [0.25, 0.3) is 11.1 Å². The van der Waals surface area contributed by atoms with Crippen LogP contribution in [-0.4, -0.2) is 31.2 Å². The van der Waals surface area contributed by atoms with Gasteiger partial charge in [0.05, 0.1) is 12.3 Å². The second-order valence-electron chi connectivity index (χ2n) is 5.15. The van der Waals surface area contributed by atoms with Gasteiger partial charge in [0, 0.05) is 0 Å². The van der Waals surface area contributed by atoms with Gasteiger partial charge in [0.15, 0.2) is 5.96 Å². The second-order valence-corrected chi connectivity index (χ2v) is 5.15. The first-order valence-electron chi connectivity index (χ1n) is 7.86. The maximum absolute atomic E-state index is 11.8. The summed E-state index contributed by atoms with van der Waals surface area (Å²) in [6, 6.07) is 14.4. The second kappa shape index (κ2) is 9.07. The Morgan fingerprint density at radius 3 is 2.54 bits per heavy atom. The summed E-state index contributed by atoms with van der Waals surface area (Å²) in [5.74, 6) is -0.284. The van der Waals surface area contributed by atoms with Crippen molar-refractivity contribution in [1.82, 2.24) is 5.32 Å². The number of guanidine groups is 1. The summed E-state index contributed by atoms with van der Waals surface area (Å²) in [6.45, 7) is 1.85. The first-order chi connectivity index (χ1) is 12.5. The van der Waals surface area contributed by atoms with E-state index in [1.54, 1.807) is 25.1 Å². The average molecular weight is 356 g/mol. The van der Waals surface area contributed by atoms with Crippen molar-refractivity contribution in [1.29, 1.82) is 0 Å². The summed E-state index contributed by atoms with van der Waals surface area (Å²) < 4.78 is 10.3. The molecule has 0 aliphatic rings. The summed E-state index contributed by atoms with van der Waals surface area (Å²) in [6.07, 6.45) is -0.825. The number of carbonyl (C=O) groups is 2. The minimum absolute atomic E-state index is 0.0152. The van der Waals surface area contributed by atoms with E-state index >= 15 is 0 Å². The van der Waals surface area contributed by atoms with Crippen LogP contribution in [0.2, 0.25) is 0 Å². The molecular formula is C18H20N4O4. The Labute approximate surface area is 150 Å². The number of aliphatic imine (C=N–C) groups is 1. The minimum atomic E-state index is -1.21. The number of rotatable bonds is 8. The Morgan fingerprint density at radius 1 is 1.19 bits per heavy atom. The van der Waals surface area contributed by atoms with Gasteiger partial charge in [-0.05, 0) is 42.3 Å². The third-order valence-electron chi connectivity index (χ3n) is 3.27. The Kier molecular flexibility index (Phi) is 6.55. The Hall–Kier alpha value is -3.55. The fraction of sp³-hybridized carbons (Fsp3) is 0.167. The van der Waals surface area contributed by atoms with E-state index in [0.717, 1.165) is 11.1 Å². The number of carbonyl (C=O) groups excluding carboxylic acids is 2. The first kappa shape index (κ1) is 18.8. The van der Waals surface area contributed by atoms with Gasteiger partial charge in [-0.1, -0.05) is 24.3 Å². The lowest BCUT2D eigenvalue weighted by Gasteiger charge is -2.16. The number of hydrogen-bond donors (Lipinski definition) is 3. The zero-order valence-corrected chi connectivity index (χ0v) is 14.2. The molecule has 0 saturated heterocycles. The molecule has 0 saturated carbocycles. The lowest BCUT2D eigenvalue weighted by atomic mass is 10.1. The molecule has 1 unspecified atom stereocenters. The highest BCUT2D eigenvalue weighted by Crippen LogP contribution is 2.26. The van der Waals surface area contributed by atoms with Crippen LogP contribution in [0.4, 0.5) is 5.69 Å². The Bertz CT molecular complexity index is 786. The molecule has 0 spiro atoms. The molecule has 1 atom stereocenters. The van der Waals surface area contributed by atoms with E-state index in [1.807, 2.05) is 30.3 Å². The minimum Gasteiger partial charge on any atom is -0.462 e. The number of nitrogens with two attached hydrogens (primary N) is 2. The molecule has 1 amide bonds. The smallest absolute Gasteiger partial charge is 0.369 e. The van der Waals surface area contributed by atoms with Crippen molar-refractivity contribution in [3.8, 4) is 16.9 Å². The van der Waals surface area contributed by atoms with Gasteiger partial charge in [-0.3, -0.25) is 4.79 Å². The standard InChI is InChI=1S/C18H20N4O4/c1-2-25-17(24)16(21-11-23)26-15-8-6-12(7-9-15)13-4-3-5-14(10-13)22-18(19)20/h3-11,16H,2H2,1H3,(H,21,23)(H4,19,20,22). The van der Waals surface area contributed by atoms with Crippen molar-refractivity contribution < 1.29 is 19.1 Å². The quantitative estimate of drug-likeness (QED) is 0.215. The molecule has 0 bridgehead atoms. The molecule has 0 heterocycles. The molecule has 0 fully saturated rings. The third-order valence-corrected chi connectivity index (χ3v) is 3.27. The maximum atomic E-state index is 11.8. The topological polar surface area (TPSA) is 129 Å². The van der Waals surface area contributed by atoms with E-state index in [0.29, 0.717) is 17.8 Å². The third kappa shape index (κ3) is 5.23. The Morgan fingerprint density at radius 2 is 1.92 bits per heavy atom. The molecule has 2 rings (SSSR count). The maximum Gasteiger partial charge on any atom is 0.369 e. The van der Waals surface area contributed by atoms with Crippen LogP contribution in [0.5, 0.6) is 5.75 Å². The number of benzene rings is 2. The predicted molar refractivity (Wildman–Crippen MR) is 97.6 cm³/mol. The van der Waals surface area contributed by atoms with E-state index < -0.39 is 12.2 Å². The normalized spacial score (nSPS) is 11.1. The molecule has 2 aromatic carbocycles. The highest BCUT2D eigenvalue weighted by molar-refractivity contribution is 5.80. The van der Waals surface area contributed by atoms with E-state index in [9.17, 15) is 9.59 Å². The van der Waals surface area contributed by atoms with Crippen LogP contribution < -0.4 is 21.5 Å². The number of esters is 1. The summed E-state index contributed by atoms with van der Waals surface area (Å²) in [5.41, 5.74) is 13.2. The summed E-state index contributed by atoms with van der Waals surface area (Å²) >= 11 is 0. The molecule has 0 radical (unpaired) electrons. The van der Waals surface area contributed by atoms with Crippen molar-refractivity contribution in [3.63, 3.8) is 0 Å². The van der Waals surface area contributed by atoms with E-state index in [-0.39, 0.29) is 12.6 Å². The van der Waals surface area contributed by atoms with Gasteiger partial charge >= 0.3 is 5.97 Å². The van der Waals surface area contributed by atoms with E-state index in [4.69, 9.17) is 20.9 Å². The lowest BCUT2D eigenvalue weighted by molar-refractivity contribution is -0.154. The van der Waals surface area contributed by atoms with E-state index in [1.165, 1.54) is 0 Å². The average Bonchev–Trinajstić information content (AvgIpc) is 2.62. The van der Waals surface area contributed by atoms with Gasteiger partial charge in [0.1, 0.15) is 5.75 Å². The predicted octanol–water partition coefficient (Wildman–Crippen LogP) is 1.27. The summed E-state index contributed by atoms with van der Waals surface area (Å²) in [5, 5.41) is 2.27. The monoisotopic (exact) mass is 356 g/mol. The van der Waals surface area contributed by atoms with Crippen molar-refractivity contribution >= 4 is 24.0 Å². The van der Waals surface area contributed by atoms with Crippen LogP contribution in [-0.2, 0) is 14.3 Å². The number of nitrogens with one attached hydrogen (secondary N) is 1. The van der Waals surface area contributed by atoms with Gasteiger partial charge in [-0.25, -0.2) is 9.79 Å².